The number of hydrogen-bond acceptors (Lipinski definition) is 5. The van der Waals surface area contributed by atoms with Gasteiger partial charge in [-0.15, -0.1) is 11.3 Å². The first kappa shape index (κ1) is 9.87. The Kier molecular flexibility index (Phi) is 2.79. The van der Waals surface area contributed by atoms with Crippen LogP contribution >= 0.6 is 11.3 Å². The molecule has 0 aliphatic carbocycles. The van der Waals surface area contributed by atoms with Crippen molar-refractivity contribution < 1.29 is 0 Å². The molecule has 0 aromatic carbocycles. The SMILES string of the molecule is Cc1csc2ncnc(NCCC#N)c12. The van der Waals surface area contributed by atoms with E-state index in [0.717, 1.165) is 16.0 Å². The normalized spacial score (nSPS) is 10.1. The van der Waals surface area contributed by atoms with Crippen molar-refractivity contribution in [3.05, 3.63) is 17.3 Å². The largest absolute Gasteiger partial charge is 0.368 e. The summed E-state index contributed by atoms with van der Waals surface area (Å²) in [7, 11) is 0. The summed E-state index contributed by atoms with van der Waals surface area (Å²) < 4.78 is 0. The Morgan fingerprint density at radius 2 is 2.40 bits per heavy atom. The number of nitrogens with one attached hydrogen (secondary N) is 1. The van der Waals surface area contributed by atoms with E-state index in [-0.39, 0.29) is 0 Å². The summed E-state index contributed by atoms with van der Waals surface area (Å²) in [6.07, 6.45) is 2.03. The Labute approximate surface area is 91.6 Å². The van der Waals surface area contributed by atoms with Crippen molar-refractivity contribution in [1.82, 2.24) is 9.97 Å². The van der Waals surface area contributed by atoms with Gasteiger partial charge in [0.2, 0.25) is 0 Å². The van der Waals surface area contributed by atoms with Gasteiger partial charge in [-0.2, -0.15) is 5.26 Å². The summed E-state index contributed by atoms with van der Waals surface area (Å²) in [5.74, 6) is 0.828. The highest BCUT2D eigenvalue weighted by atomic mass is 32.1. The van der Waals surface area contributed by atoms with Crippen molar-refractivity contribution in [3.63, 3.8) is 0 Å². The van der Waals surface area contributed by atoms with E-state index in [2.05, 4.69) is 26.7 Å². The van der Waals surface area contributed by atoms with Crippen LogP contribution in [0.3, 0.4) is 0 Å². The monoisotopic (exact) mass is 218 g/mol. The first-order chi connectivity index (χ1) is 7.33. The van der Waals surface area contributed by atoms with E-state index in [0.29, 0.717) is 13.0 Å². The summed E-state index contributed by atoms with van der Waals surface area (Å²) in [5, 5.41) is 14.7. The highest BCUT2D eigenvalue weighted by molar-refractivity contribution is 7.17. The van der Waals surface area contributed by atoms with Gasteiger partial charge in [0, 0.05) is 6.54 Å². The number of fused-ring (bicyclic) bond motifs is 1. The highest BCUT2D eigenvalue weighted by Gasteiger charge is 2.07. The molecule has 0 spiro atoms. The first-order valence-electron chi connectivity index (χ1n) is 4.62. The van der Waals surface area contributed by atoms with Crippen LogP contribution in [0.2, 0.25) is 0 Å². The van der Waals surface area contributed by atoms with Gasteiger partial charge in [0.05, 0.1) is 17.9 Å². The van der Waals surface area contributed by atoms with Crippen molar-refractivity contribution in [1.29, 1.82) is 5.26 Å². The van der Waals surface area contributed by atoms with Gasteiger partial charge in [-0.25, -0.2) is 9.97 Å². The molecular weight excluding hydrogens is 208 g/mol. The van der Waals surface area contributed by atoms with Gasteiger partial charge in [-0.1, -0.05) is 0 Å². The Morgan fingerprint density at radius 1 is 1.53 bits per heavy atom. The minimum atomic E-state index is 0.481. The van der Waals surface area contributed by atoms with Crippen LogP contribution in [0, 0.1) is 18.3 Å². The average molecular weight is 218 g/mol. The van der Waals surface area contributed by atoms with E-state index in [1.807, 2.05) is 6.92 Å². The lowest BCUT2D eigenvalue weighted by molar-refractivity contribution is 1.05. The molecule has 2 aromatic heterocycles. The zero-order valence-electron chi connectivity index (χ0n) is 8.32. The van der Waals surface area contributed by atoms with E-state index >= 15 is 0 Å². The fourth-order valence-corrected chi connectivity index (χ4v) is 2.28. The molecule has 0 aliphatic heterocycles. The second kappa shape index (κ2) is 4.24. The molecule has 0 saturated carbocycles. The Hall–Kier alpha value is -1.67. The molecule has 15 heavy (non-hydrogen) atoms. The van der Waals surface area contributed by atoms with Crippen LogP contribution in [-0.4, -0.2) is 16.5 Å². The van der Waals surface area contributed by atoms with Gasteiger partial charge in [0.25, 0.3) is 0 Å². The Bertz CT molecular complexity index is 512. The zero-order valence-corrected chi connectivity index (χ0v) is 9.14. The van der Waals surface area contributed by atoms with Crippen molar-refractivity contribution in [2.24, 2.45) is 0 Å². The van der Waals surface area contributed by atoms with Crippen LogP contribution in [0.4, 0.5) is 5.82 Å². The second-order valence-corrected chi connectivity index (χ2v) is 4.01. The third kappa shape index (κ3) is 1.90. The number of rotatable bonds is 3. The number of hydrogen-bond donors (Lipinski definition) is 1. The van der Waals surface area contributed by atoms with Gasteiger partial charge >= 0.3 is 0 Å². The van der Waals surface area contributed by atoms with E-state index in [1.54, 1.807) is 17.7 Å². The third-order valence-electron chi connectivity index (χ3n) is 2.08. The smallest absolute Gasteiger partial charge is 0.138 e. The van der Waals surface area contributed by atoms with E-state index in [1.165, 1.54) is 5.56 Å². The maximum Gasteiger partial charge on any atom is 0.138 e. The minimum absolute atomic E-state index is 0.481. The highest BCUT2D eigenvalue weighted by Crippen LogP contribution is 2.28. The summed E-state index contributed by atoms with van der Waals surface area (Å²) in [4.78, 5) is 9.37. The lowest BCUT2D eigenvalue weighted by Crippen LogP contribution is -2.03. The molecule has 2 rings (SSSR count). The van der Waals surface area contributed by atoms with Gasteiger partial charge < -0.3 is 5.32 Å². The summed E-state index contributed by atoms with van der Waals surface area (Å²) in [6, 6.07) is 2.09. The van der Waals surface area contributed by atoms with E-state index < -0.39 is 0 Å². The van der Waals surface area contributed by atoms with Crippen LogP contribution in [0.25, 0.3) is 10.2 Å². The molecule has 2 aromatic rings. The van der Waals surface area contributed by atoms with Crippen LogP contribution in [0.1, 0.15) is 12.0 Å². The molecule has 0 radical (unpaired) electrons. The molecule has 5 heteroatoms. The predicted molar refractivity (Wildman–Crippen MR) is 60.9 cm³/mol. The second-order valence-electron chi connectivity index (χ2n) is 3.16. The van der Waals surface area contributed by atoms with Crippen molar-refractivity contribution in [3.8, 4) is 6.07 Å². The number of aromatic nitrogens is 2. The van der Waals surface area contributed by atoms with E-state index in [9.17, 15) is 0 Å². The molecule has 0 saturated heterocycles. The van der Waals surface area contributed by atoms with Crippen LogP contribution < -0.4 is 5.32 Å². The molecule has 0 bridgehead atoms. The maximum absolute atomic E-state index is 8.45. The maximum atomic E-state index is 8.45. The Morgan fingerprint density at radius 3 is 3.20 bits per heavy atom. The molecule has 76 valence electrons. The van der Waals surface area contributed by atoms with Crippen LogP contribution in [0.15, 0.2) is 11.7 Å². The fraction of sp³-hybridized carbons (Fsp3) is 0.300. The molecule has 4 nitrogen and oxygen atoms in total. The standard InChI is InChI=1S/C10H10N4S/c1-7-5-15-10-8(7)9(13-6-14-10)12-4-2-3-11/h5-6H,2,4H2,1H3,(H,12,13,14). The quantitative estimate of drug-likeness (QED) is 0.803. The Balaban J connectivity index is 2.34. The molecule has 0 amide bonds. The van der Waals surface area contributed by atoms with Crippen LogP contribution in [-0.2, 0) is 0 Å². The minimum Gasteiger partial charge on any atom is -0.368 e. The van der Waals surface area contributed by atoms with E-state index in [4.69, 9.17) is 5.26 Å². The third-order valence-corrected chi connectivity index (χ3v) is 3.09. The molecule has 2 heterocycles. The molecule has 0 unspecified atom stereocenters. The van der Waals surface area contributed by atoms with Gasteiger partial charge in [-0.3, -0.25) is 0 Å². The zero-order chi connectivity index (χ0) is 10.7. The predicted octanol–water partition coefficient (Wildman–Crippen LogP) is 2.33. The molecule has 1 N–H and O–H groups in total. The molecule has 0 atom stereocenters. The number of nitriles is 1. The average Bonchev–Trinajstić information content (AvgIpc) is 2.62. The lowest BCUT2D eigenvalue weighted by Gasteiger charge is -2.04. The summed E-state index contributed by atoms with van der Waals surface area (Å²) in [5.41, 5.74) is 1.18. The fourth-order valence-electron chi connectivity index (χ4n) is 1.39. The molecule has 0 fully saturated rings. The van der Waals surface area contributed by atoms with Gasteiger partial charge in [-0.05, 0) is 17.9 Å². The topological polar surface area (TPSA) is 61.6 Å². The number of anilines is 1. The van der Waals surface area contributed by atoms with Crippen LogP contribution in [0.5, 0.6) is 0 Å². The number of aryl methyl sites for hydroxylation is 1. The van der Waals surface area contributed by atoms with Crippen molar-refractivity contribution >= 4 is 27.4 Å². The number of nitrogens with zero attached hydrogens (tertiary/aromatic N) is 3. The summed E-state index contributed by atoms with van der Waals surface area (Å²) in [6.45, 7) is 2.66. The number of thiophene rings is 1. The lowest BCUT2D eigenvalue weighted by atomic mass is 10.2. The van der Waals surface area contributed by atoms with Crippen molar-refractivity contribution in [2.75, 3.05) is 11.9 Å². The molecule has 0 aliphatic rings. The van der Waals surface area contributed by atoms with Gasteiger partial charge in [0.15, 0.2) is 0 Å². The van der Waals surface area contributed by atoms with Gasteiger partial charge in [0.1, 0.15) is 17.0 Å². The summed E-state index contributed by atoms with van der Waals surface area (Å²) >= 11 is 1.61. The molecular formula is C10H10N4S. The first-order valence-corrected chi connectivity index (χ1v) is 5.50. The van der Waals surface area contributed by atoms with Crippen molar-refractivity contribution in [2.45, 2.75) is 13.3 Å².